The van der Waals surface area contributed by atoms with Gasteiger partial charge in [0.25, 0.3) is 0 Å². The molecule has 2 saturated heterocycles. The van der Waals surface area contributed by atoms with Crippen LogP contribution in [0.4, 0.5) is 5.69 Å². The van der Waals surface area contributed by atoms with Crippen LogP contribution in [0, 0.1) is 18.8 Å². The van der Waals surface area contributed by atoms with E-state index in [1.807, 2.05) is 65.3 Å². The highest BCUT2D eigenvalue weighted by molar-refractivity contribution is 5.97. The largest absolute Gasteiger partial charge is 0.496 e. The molecule has 4 rings (SSSR count). The van der Waals surface area contributed by atoms with Gasteiger partial charge in [0.15, 0.2) is 0 Å². The van der Waals surface area contributed by atoms with Crippen LogP contribution in [0.15, 0.2) is 48.5 Å². The second kappa shape index (κ2) is 9.13. The number of carbonyl (C=O) groups excluding carboxylic acids is 2. The molecule has 2 amide bonds. The third-order valence-corrected chi connectivity index (χ3v) is 6.78. The minimum atomic E-state index is -0.382. The van der Waals surface area contributed by atoms with E-state index < -0.39 is 0 Å². The monoisotopic (exact) mass is 420 g/mol. The van der Waals surface area contributed by atoms with E-state index in [-0.39, 0.29) is 23.8 Å². The van der Waals surface area contributed by atoms with Gasteiger partial charge >= 0.3 is 0 Å². The van der Waals surface area contributed by atoms with Crippen LogP contribution in [0.1, 0.15) is 49.8 Å². The molecule has 0 bridgehead atoms. The fourth-order valence-electron chi connectivity index (χ4n) is 4.89. The van der Waals surface area contributed by atoms with Crippen molar-refractivity contribution in [2.75, 3.05) is 25.1 Å². The molecular weight excluding hydrogens is 388 g/mol. The molecule has 164 valence electrons. The number of likely N-dealkylation sites (tertiary alicyclic amines) is 1. The SMILES string of the molecule is COc1ccccc1C1C(C(=O)N2CCC(C)CC2)CCC(=O)N1c1ccc(C)cc1. The predicted octanol–water partition coefficient (Wildman–Crippen LogP) is 4.75. The molecule has 2 aliphatic rings. The zero-order valence-electron chi connectivity index (χ0n) is 18.7. The van der Waals surface area contributed by atoms with Crippen molar-refractivity contribution < 1.29 is 14.3 Å². The summed E-state index contributed by atoms with van der Waals surface area (Å²) in [6, 6.07) is 15.4. The van der Waals surface area contributed by atoms with E-state index >= 15 is 0 Å². The normalized spacial score (nSPS) is 22.5. The van der Waals surface area contributed by atoms with Crippen LogP contribution in [-0.2, 0) is 9.59 Å². The van der Waals surface area contributed by atoms with E-state index in [1.54, 1.807) is 7.11 Å². The Hall–Kier alpha value is -2.82. The molecule has 0 aliphatic carbocycles. The number of aryl methyl sites for hydroxylation is 1. The number of carbonyl (C=O) groups is 2. The van der Waals surface area contributed by atoms with Crippen LogP contribution < -0.4 is 9.64 Å². The second-order valence-corrected chi connectivity index (χ2v) is 8.94. The van der Waals surface area contributed by atoms with Gasteiger partial charge in [0.05, 0.1) is 19.1 Å². The van der Waals surface area contributed by atoms with Gasteiger partial charge in [-0.3, -0.25) is 9.59 Å². The molecule has 2 fully saturated rings. The summed E-state index contributed by atoms with van der Waals surface area (Å²) in [5.41, 5.74) is 2.86. The molecule has 2 aromatic carbocycles. The Morgan fingerprint density at radius 2 is 1.68 bits per heavy atom. The number of amides is 2. The van der Waals surface area contributed by atoms with Crippen molar-refractivity contribution in [3.05, 3.63) is 59.7 Å². The lowest BCUT2D eigenvalue weighted by atomic mass is 9.82. The summed E-state index contributed by atoms with van der Waals surface area (Å²) in [6.45, 7) is 5.88. The number of ether oxygens (including phenoxy) is 1. The molecule has 0 spiro atoms. The summed E-state index contributed by atoms with van der Waals surface area (Å²) in [5.74, 6) is 1.29. The van der Waals surface area contributed by atoms with E-state index in [0.717, 1.165) is 42.7 Å². The number of para-hydroxylation sites is 1. The highest BCUT2D eigenvalue weighted by Crippen LogP contribution is 2.44. The quantitative estimate of drug-likeness (QED) is 0.717. The van der Waals surface area contributed by atoms with E-state index in [1.165, 1.54) is 0 Å². The fraction of sp³-hybridized carbons (Fsp3) is 0.462. The van der Waals surface area contributed by atoms with Gasteiger partial charge in [-0.05, 0) is 50.3 Å². The lowest BCUT2D eigenvalue weighted by Gasteiger charge is -2.43. The third kappa shape index (κ3) is 4.32. The number of nitrogens with zero attached hydrogens (tertiary/aromatic N) is 2. The van der Waals surface area contributed by atoms with Crippen molar-refractivity contribution in [1.29, 1.82) is 0 Å². The van der Waals surface area contributed by atoms with Crippen LogP contribution in [0.25, 0.3) is 0 Å². The Bertz CT molecular complexity index is 932. The molecule has 2 aromatic rings. The molecule has 5 nitrogen and oxygen atoms in total. The first kappa shape index (κ1) is 21.4. The first-order valence-electron chi connectivity index (χ1n) is 11.3. The Balaban J connectivity index is 1.77. The zero-order chi connectivity index (χ0) is 22.0. The van der Waals surface area contributed by atoms with Gasteiger partial charge in [0.1, 0.15) is 5.75 Å². The van der Waals surface area contributed by atoms with Gasteiger partial charge < -0.3 is 14.5 Å². The molecule has 0 aromatic heterocycles. The minimum Gasteiger partial charge on any atom is -0.496 e. The van der Waals surface area contributed by atoms with Crippen LogP contribution in [0.3, 0.4) is 0 Å². The smallest absolute Gasteiger partial charge is 0.228 e. The first-order chi connectivity index (χ1) is 15.0. The van der Waals surface area contributed by atoms with Crippen molar-refractivity contribution in [2.45, 2.75) is 45.6 Å². The lowest BCUT2D eigenvalue weighted by Crippen LogP contribution is -2.50. The zero-order valence-corrected chi connectivity index (χ0v) is 18.7. The fourth-order valence-corrected chi connectivity index (χ4v) is 4.89. The van der Waals surface area contributed by atoms with E-state index in [2.05, 4.69) is 6.92 Å². The minimum absolute atomic E-state index is 0.0519. The summed E-state index contributed by atoms with van der Waals surface area (Å²) in [7, 11) is 1.64. The first-order valence-corrected chi connectivity index (χ1v) is 11.3. The van der Waals surface area contributed by atoms with E-state index in [9.17, 15) is 9.59 Å². The number of rotatable bonds is 4. The number of methoxy groups -OCH3 is 1. The van der Waals surface area contributed by atoms with E-state index in [4.69, 9.17) is 4.74 Å². The summed E-state index contributed by atoms with van der Waals surface area (Å²) >= 11 is 0. The van der Waals surface area contributed by atoms with Crippen LogP contribution >= 0.6 is 0 Å². The van der Waals surface area contributed by atoms with Gasteiger partial charge in [-0.15, -0.1) is 0 Å². The number of hydrogen-bond acceptors (Lipinski definition) is 3. The molecule has 0 N–H and O–H groups in total. The van der Waals surface area contributed by atoms with Crippen LogP contribution in [0.2, 0.25) is 0 Å². The van der Waals surface area contributed by atoms with Gasteiger partial charge in [-0.1, -0.05) is 42.8 Å². The van der Waals surface area contributed by atoms with E-state index in [0.29, 0.717) is 24.5 Å². The van der Waals surface area contributed by atoms with Crippen molar-refractivity contribution in [2.24, 2.45) is 11.8 Å². The molecule has 0 saturated carbocycles. The Morgan fingerprint density at radius 1 is 1.00 bits per heavy atom. The molecule has 31 heavy (non-hydrogen) atoms. The Labute approximate surface area is 185 Å². The number of piperidine rings is 2. The van der Waals surface area contributed by atoms with Crippen molar-refractivity contribution >= 4 is 17.5 Å². The number of hydrogen-bond donors (Lipinski definition) is 0. The van der Waals surface area contributed by atoms with Crippen LogP contribution in [0.5, 0.6) is 5.75 Å². The maximum atomic E-state index is 13.7. The highest BCUT2D eigenvalue weighted by atomic mass is 16.5. The van der Waals surface area contributed by atoms with Crippen LogP contribution in [-0.4, -0.2) is 36.9 Å². The predicted molar refractivity (Wildman–Crippen MR) is 122 cm³/mol. The number of anilines is 1. The Morgan fingerprint density at radius 3 is 2.35 bits per heavy atom. The molecule has 0 radical (unpaired) electrons. The lowest BCUT2D eigenvalue weighted by molar-refractivity contribution is -0.139. The summed E-state index contributed by atoms with van der Waals surface area (Å²) in [5, 5.41) is 0. The molecule has 2 atom stereocenters. The maximum Gasteiger partial charge on any atom is 0.228 e. The molecule has 2 unspecified atom stereocenters. The molecule has 2 heterocycles. The third-order valence-electron chi connectivity index (χ3n) is 6.78. The number of benzene rings is 2. The average molecular weight is 421 g/mol. The topological polar surface area (TPSA) is 49.9 Å². The molecule has 2 aliphatic heterocycles. The average Bonchev–Trinajstić information content (AvgIpc) is 2.79. The van der Waals surface area contributed by atoms with Crippen molar-refractivity contribution in [3.63, 3.8) is 0 Å². The summed E-state index contributed by atoms with van der Waals surface area (Å²) in [6.07, 6.45) is 3.02. The molecular formula is C26H32N2O3. The summed E-state index contributed by atoms with van der Waals surface area (Å²) < 4.78 is 5.66. The van der Waals surface area contributed by atoms with Gasteiger partial charge in [-0.2, -0.15) is 0 Å². The van der Waals surface area contributed by atoms with Crippen molar-refractivity contribution in [1.82, 2.24) is 4.90 Å². The Kier molecular flexibility index (Phi) is 6.30. The highest BCUT2D eigenvalue weighted by Gasteiger charge is 2.44. The standard InChI is InChI=1S/C26H32N2O3/c1-18-8-10-20(11-9-18)28-24(29)13-12-22(26(30)27-16-14-19(2)15-17-27)25(28)21-6-4-5-7-23(21)31-3/h4-11,19,22,25H,12-17H2,1-3H3. The molecule has 5 heteroatoms. The van der Waals surface area contributed by atoms with Gasteiger partial charge in [0, 0.05) is 30.8 Å². The van der Waals surface area contributed by atoms with Gasteiger partial charge in [-0.25, -0.2) is 0 Å². The maximum absolute atomic E-state index is 13.7. The van der Waals surface area contributed by atoms with Crippen molar-refractivity contribution in [3.8, 4) is 5.75 Å². The second-order valence-electron chi connectivity index (χ2n) is 8.94. The summed E-state index contributed by atoms with van der Waals surface area (Å²) in [4.78, 5) is 30.8. The van der Waals surface area contributed by atoms with Gasteiger partial charge in [0.2, 0.25) is 11.8 Å².